The minimum atomic E-state index is -3.38. The molecule has 18 rings (SSSR count). The first kappa shape index (κ1) is 108. The van der Waals surface area contributed by atoms with Gasteiger partial charge < -0.3 is 4.74 Å². The van der Waals surface area contributed by atoms with Crippen LogP contribution < -0.4 is 4.74 Å². The summed E-state index contributed by atoms with van der Waals surface area (Å²) in [4.78, 5) is 28.2. The second-order valence-electron chi connectivity index (χ2n) is 36.3. The van der Waals surface area contributed by atoms with Gasteiger partial charge in [0, 0.05) is 32.0 Å². The molecule has 18 aromatic carbocycles. The van der Waals surface area contributed by atoms with E-state index in [9.17, 15) is 26.4 Å². The molecule has 0 aromatic heterocycles. The van der Waals surface area contributed by atoms with Gasteiger partial charge in [0.05, 0.1) is 19.6 Å². The molecule has 0 spiro atoms. The molecule has 0 aliphatic rings. The number of carbonyl (C=O) groups is 2. The third-order valence-corrected chi connectivity index (χ3v) is 27.5. The van der Waals surface area contributed by atoms with E-state index in [-0.39, 0.29) is 11.6 Å². The highest BCUT2D eigenvalue weighted by molar-refractivity contribution is 7.99. The second-order valence-corrected chi connectivity index (χ2v) is 41.3. The lowest BCUT2D eigenvalue weighted by Gasteiger charge is -2.06. The fourth-order valence-electron chi connectivity index (χ4n) is 14.3. The molecule has 0 heterocycles. The van der Waals surface area contributed by atoms with Crippen molar-refractivity contribution in [2.45, 2.75) is 173 Å². The van der Waals surface area contributed by atoms with Gasteiger partial charge in [-0.15, -0.1) is 0 Å². The number of benzene rings is 18. The molecule has 0 bridgehead atoms. The normalized spacial score (nSPS) is 10.5. The topological polar surface area (TPSA) is 112 Å². The van der Waals surface area contributed by atoms with Crippen molar-refractivity contribution in [1.29, 1.82) is 0 Å². The number of carbonyl (C=O) groups excluding carboxylic acids is 2. The van der Waals surface area contributed by atoms with Crippen molar-refractivity contribution in [3.05, 3.63) is 593 Å². The van der Waals surface area contributed by atoms with Crippen molar-refractivity contribution in [2.24, 2.45) is 0 Å². The maximum absolute atomic E-state index is 12.3. The van der Waals surface area contributed by atoms with Crippen LogP contribution in [-0.4, -0.2) is 28.4 Å². The van der Waals surface area contributed by atoms with Crippen LogP contribution in [0.5, 0.6) is 11.5 Å². The quantitative estimate of drug-likeness (QED) is 0.0781. The van der Waals surface area contributed by atoms with Gasteiger partial charge >= 0.3 is 0 Å². The summed E-state index contributed by atoms with van der Waals surface area (Å²) in [6.07, 6.45) is 3.09. The molecule has 716 valence electrons. The first-order valence-corrected chi connectivity index (χ1v) is 51.4. The Morgan fingerprint density at radius 2 is 0.390 bits per heavy atom. The zero-order valence-electron chi connectivity index (χ0n) is 84.8. The summed E-state index contributed by atoms with van der Waals surface area (Å²) in [5.74, 6) is 1.93. The molecule has 0 amide bonds. The summed E-state index contributed by atoms with van der Waals surface area (Å²) in [5, 5.41) is 0. The van der Waals surface area contributed by atoms with Crippen LogP contribution in [0.4, 0.5) is 0 Å². The molecule has 0 aliphatic carbocycles. The number of rotatable bonds is 18. The third kappa shape index (κ3) is 37.6. The summed E-state index contributed by atoms with van der Waals surface area (Å²) >= 11 is 1.80. The van der Waals surface area contributed by atoms with Gasteiger partial charge in [0.2, 0.25) is 19.7 Å². The number of hydrogen-bond donors (Lipinski definition) is 0. The van der Waals surface area contributed by atoms with Gasteiger partial charge in [0.15, 0.2) is 11.6 Å². The van der Waals surface area contributed by atoms with Crippen LogP contribution in [-0.2, 0) is 38.9 Å². The van der Waals surface area contributed by atoms with Gasteiger partial charge in [-0.3, -0.25) is 9.59 Å². The molecular weight excluding hydrogens is 1780 g/mol. The van der Waals surface area contributed by atoms with Crippen molar-refractivity contribution in [3.63, 3.8) is 0 Å². The highest BCUT2D eigenvalue weighted by Gasteiger charge is 2.19. The van der Waals surface area contributed by atoms with E-state index in [4.69, 9.17) is 4.74 Å². The Morgan fingerprint density at radius 1 is 0.184 bits per heavy atom. The molecule has 10 heteroatoms. The van der Waals surface area contributed by atoms with E-state index in [1.54, 1.807) is 96.7 Å². The van der Waals surface area contributed by atoms with E-state index in [2.05, 4.69) is 263 Å². The number of hydrogen-bond acceptors (Lipinski definition) is 8. The van der Waals surface area contributed by atoms with E-state index >= 15 is 0 Å². The fraction of sp³-hybridized carbons (Fsp3) is 0.160. The van der Waals surface area contributed by atoms with Crippen LogP contribution in [0.25, 0.3) is 0 Å². The Kier molecular flexibility index (Phi) is 42.0. The molecule has 0 unspecified atom stereocenters. The van der Waals surface area contributed by atoms with Crippen LogP contribution in [0, 0.1) is 125 Å². The molecule has 18 aromatic rings. The number of aryl methyl sites for hydroxylation is 18. The average Bonchev–Trinajstić information content (AvgIpc) is 0.803. The first-order valence-electron chi connectivity index (χ1n) is 47.6. The molecule has 141 heavy (non-hydrogen) atoms. The maximum Gasteiger partial charge on any atom is 0.206 e. The Labute approximate surface area is 845 Å². The summed E-state index contributed by atoms with van der Waals surface area (Å²) in [7, 11) is -6.76. The van der Waals surface area contributed by atoms with Crippen LogP contribution in [0.2, 0.25) is 0 Å². The smallest absolute Gasteiger partial charge is 0.206 e. The Bertz CT molecular complexity index is 6460. The number of ketones is 2. The summed E-state index contributed by atoms with van der Waals surface area (Å²) in [6, 6.07) is 144. The van der Waals surface area contributed by atoms with E-state index in [0.29, 0.717) is 19.6 Å². The van der Waals surface area contributed by atoms with E-state index in [1.165, 1.54) is 110 Å². The predicted octanol–water partition coefficient (Wildman–Crippen LogP) is 33.6. The maximum atomic E-state index is 12.3. The van der Waals surface area contributed by atoms with Crippen LogP contribution in [0.3, 0.4) is 0 Å². The minimum Gasteiger partial charge on any atom is -0.457 e. The van der Waals surface area contributed by atoms with E-state index < -0.39 is 19.7 Å². The molecule has 0 radical (unpaired) electrons. The monoisotopic (exact) mass is 1910 g/mol. The van der Waals surface area contributed by atoms with Gasteiger partial charge in [-0.25, -0.2) is 16.8 Å². The molecule has 0 saturated carbocycles. The lowest BCUT2D eigenvalue weighted by Crippen LogP contribution is -2.02. The first-order chi connectivity index (χ1) is 67.5. The highest BCUT2D eigenvalue weighted by atomic mass is 32.2. The van der Waals surface area contributed by atoms with Crippen LogP contribution in [0.1, 0.15) is 165 Å². The summed E-state index contributed by atoms with van der Waals surface area (Å²) in [5.41, 5.74) is 32.9. The molecule has 0 N–H and O–H groups in total. The van der Waals surface area contributed by atoms with Crippen molar-refractivity contribution in [3.8, 4) is 11.5 Å². The van der Waals surface area contributed by atoms with Crippen LogP contribution >= 0.6 is 11.8 Å². The Hall–Kier alpha value is -14.7. The second kappa shape index (κ2) is 54.6. The fourth-order valence-corrected chi connectivity index (χ4v) is 17.9. The highest BCUT2D eigenvalue weighted by Crippen LogP contribution is 2.30. The predicted molar refractivity (Wildman–Crippen MR) is 592 cm³/mol. The van der Waals surface area contributed by atoms with Crippen molar-refractivity contribution >= 4 is 43.0 Å². The van der Waals surface area contributed by atoms with Gasteiger partial charge in [-0.05, 0) is 298 Å². The van der Waals surface area contributed by atoms with Crippen LogP contribution in [0.15, 0.2) is 466 Å². The minimum absolute atomic E-state index is 0.0833. The lowest BCUT2D eigenvalue weighted by molar-refractivity contribution is 0.103. The zero-order chi connectivity index (χ0) is 101. The van der Waals surface area contributed by atoms with Crippen molar-refractivity contribution in [2.75, 3.05) is 0 Å². The Morgan fingerprint density at radius 3 is 0.652 bits per heavy atom. The van der Waals surface area contributed by atoms with E-state index in [1.807, 2.05) is 213 Å². The van der Waals surface area contributed by atoms with E-state index in [0.717, 1.165) is 86.4 Å². The SMILES string of the molecule is Cc1ccc(C(=O)c2ccc(C)cc2)cc1.Cc1ccc(Cc2ccc(C)cc2)cc1.Cc1ccc(Cc2ccc(C)cc2)cc1.Cc1ccc(Cc2cccc(C)c2)cc1.Cc1ccc(Oc2ccc(C)cc2)cc1.Cc1ccc(S(=O)(=O)c2ccc(C)cc2)cc1.Cc1ccc(Sc2ccc(C)cc2)cc1.Cc1cccc(C(=O)c2cccc(C)c2)c1.Cc1cccc(S(=O)(=O)c2cccc(C)c2)c1. The molecule has 0 saturated heterocycles. The molecular formula is C131H132O7S3. The van der Waals surface area contributed by atoms with Gasteiger partial charge in [0.1, 0.15) is 11.5 Å². The number of ether oxygens (including phenoxy) is 1. The zero-order valence-corrected chi connectivity index (χ0v) is 87.2. The molecule has 0 fully saturated rings. The van der Waals surface area contributed by atoms with Crippen molar-refractivity contribution in [1.82, 2.24) is 0 Å². The molecule has 0 aliphatic heterocycles. The average molecular weight is 1910 g/mol. The molecule has 7 nitrogen and oxygen atoms in total. The Balaban J connectivity index is 0.000000163. The summed E-state index contributed by atoms with van der Waals surface area (Å²) in [6.45, 7) is 36.7. The lowest BCUT2D eigenvalue weighted by atomic mass is 10.0. The summed E-state index contributed by atoms with van der Waals surface area (Å²) < 4.78 is 54.9. The van der Waals surface area contributed by atoms with Gasteiger partial charge in [0.25, 0.3) is 0 Å². The largest absolute Gasteiger partial charge is 0.457 e. The van der Waals surface area contributed by atoms with Gasteiger partial charge in [-0.1, -0.05) is 428 Å². The van der Waals surface area contributed by atoms with Crippen molar-refractivity contribution < 1.29 is 31.2 Å². The third-order valence-electron chi connectivity index (χ3n) is 22.9. The molecule has 0 atom stereocenters. The van der Waals surface area contributed by atoms with Gasteiger partial charge in [-0.2, -0.15) is 0 Å². The number of sulfone groups is 2. The standard InChI is InChI=1S/2C15H14O.3C15H16.2C14H14O2S.C14H14O.C14H14S/c1-11-3-7-13(8-4-11)15(16)14-9-5-12(2)6-10-14;1-11-5-3-7-13(9-11)15(16)14-8-4-6-12(2)10-14;2*1-12-3-7-14(8-4-12)11-15-9-5-13(2)6-10-15;1-12-6-8-14(9-7-12)11-15-5-3-4-13(2)10-15;1-11-3-7-13(8-4-11)17(15,16)14-9-5-12(2)6-10-14;1-11-5-3-7-13(9-11)17(15,16)14-8-4-6-12(2)10-14;2*1-11-3-7-13(8-4-11)15-14-9-5-12(2)6-10-14/h2*3-10H,1-2H3;3*3-10H,11H2,1-2H3;2*3-10H,1-2H3;2*3-10H,1-2H3.